The van der Waals surface area contributed by atoms with E-state index < -0.39 is 0 Å². The number of aromatic hydroxyl groups is 2. The van der Waals surface area contributed by atoms with Crippen LogP contribution < -0.4 is 4.74 Å². The lowest BCUT2D eigenvalue weighted by Gasteiger charge is -2.10. The van der Waals surface area contributed by atoms with Gasteiger partial charge >= 0.3 is 0 Å². The van der Waals surface area contributed by atoms with Crippen LogP contribution in [0.4, 0.5) is 0 Å². The van der Waals surface area contributed by atoms with E-state index in [0.717, 1.165) is 22.3 Å². The first kappa shape index (κ1) is 16.7. The standard InChI is InChI=1S/C24H18O3/c25-21-9-1-5-17(13-21)19-7-3-11-23(15-19)27-24-12-4-8-20(16-24)18-6-2-10-22(26)14-18/h1-16,25-26H. The van der Waals surface area contributed by atoms with Gasteiger partial charge in [0.25, 0.3) is 0 Å². The first-order chi connectivity index (χ1) is 13.2. The number of hydrogen-bond donors (Lipinski definition) is 2. The molecular formula is C24H18O3. The minimum Gasteiger partial charge on any atom is -0.508 e. The van der Waals surface area contributed by atoms with Gasteiger partial charge in [0.1, 0.15) is 23.0 Å². The molecule has 0 radical (unpaired) electrons. The summed E-state index contributed by atoms with van der Waals surface area (Å²) in [7, 11) is 0. The van der Waals surface area contributed by atoms with Crippen molar-refractivity contribution in [2.75, 3.05) is 0 Å². The van der Waals surface area contributed by atoms with Crippen molar-refractivity contribution in [3.8, 4) is 45.3 Å². The van der Waals surface area contributed by atoms with Gasteiger partial charge in [-0.25, -0.2) is 0 Å². The molecule has 0 unspecified atom stereocenters. The van der Waals surface area contributed by atoms with E-state index in [4.69, 9.17) is 4.74 Å². The Kier molecular flexibility index (Phi) is 4.50. The lowest BCUT2D eigenvalue weighted by molar-refractivity contribution is 0.475. The summed E-state index contributed by atoms with van der Waals surface area (Å²) >= 11 is 0. The van der Waals surface area contributed by atoms with Gasteiger partial charge in [0.15, 0.2) is 0 Å². The molecule has 27 heavy (non-hydrogen) atoms. The highest BCUT2D eigenvalue weighted by atomic mass is 16.5. The lowest BCUT2D eigenvalue weighted by Crippen LogP contribution is -1.86. The van der Waals surface area contributed by atoms with Crippen LogP contribution >= 0.6 is 0 Å². The van der Waals surface area contributed by atoms with Crippen LogP contribution in [-0.4, -0.2) is 10.2 Å². The fourth-order valence-corrected chi connectivity index (χ4v) is 2.99. The maximum atomic E-state index is 9.69. The Morgan fingerprint density at radius 1 is 0.444 bits per heavy atom. The van der Waals surface area contributed by atoms with Crippen LogP contribution in [0.1, 0.15) is 0 Å². The molecule has 0 amide bonds. The molecule has 4 aromatic rings. The largest absolute Gasteiger partial charge is 0.508 e. The second-order valence-electron chi connectivity index (χ2n) is 6.26. The number of ether oxygens (including phenoxy) is 1. The second kappa shape index (κ2) is 7.26. The monoisotopic (exact) mass is 354 g/mol. The normalized spacial score (nSPS) is 10.5. The molecule has 0 aliphatic carbocycles. The topological polar surface area (TPSA) is 49.7 Å². The van der Waals surface area contributed by atoms with Crippen molar-refractivity contribution in [2.24, 2.45) is 0 Å². The van der Waals surface area contributed by atoms with Gasteiger partial charge in [-0.1, -0.05) is 48.5 Å². The van der Waals surface area contributed by atoms with Crippen LogP contribution in [0.25, 0.3) is 22.3 Å². The predicted molar refractivity (Wildman–Crippen MR) is 107 cm³/mol. The first-order valence-corrected chi connectivity index (χ1v) is 8.64. The molecule has 0 fully saturated rings. The van der Waals surface area contributed by atoms with Crippen LogP contribution in [-0.2, 0) is 0 Å². The molecule has 0 atom stereocenters. The summed E-state index contributed by atoms with van der Waals surface area (Å²) in [6.45, 7) is 0. The van der Waals surface area contributed by atoms with Crippen molar-refractivity contribution in [1.82, 2.24) is 0 Å². The molecule has 0 saturated carbocycles. The number of phenolic OH excluding ortho intramolecular Hbond substituents is 2. The Labute approximate surface area is 157 Å². The van der Waals surface area contributed by atoms with Crippen LogP contribution in [0.5, 0.6) is 23.0 Å². The van der Waals surface area contributed by atoms with Crippen molar-refractivity contribution in [2.45, 2.75) is 0 Å². The first-order valence-electron chi connectivity index (χ1n) is 8.64. The third-order valence-corrected chi connectivity index (χ3v) is 4.26. The van der Waals surface area contributed by atoms with Crippen LogP contribution in [0.3, 0.4) is 0 Å². The van der Waals surface area contributed by atoms with Gasteiger partial charge in [-0.3, -0.25) is 0 Å². The summed E-state index contributed by atoms with van der Waals surface area (Å²) in [6, 6.07) is 29.7. The number of hydrogen-bond acceptors (Lipinski definition) is 3. The zero-order valence-electron chi connectivity index (χ0n) is 14.5. The van der Waals surface area contributed by atoms with Crippen molar-refractivity contribution < 1.29 is 14.9 Å². The summed E-state index contributed by atoms with van der Waals surface area (Å²) in [5.41, 5.74) is 3.78. The van der Waals surface area contributed by atoms with Gasteiger partial charge in [-0.15, -0.1) is 0 Å². The summed E-state index contributed by atoms with van der Waals surface area (Å²) in [5, 5.41) is 19.4. The zero-order valence-corrected chi connectivity index (χ0v) is 14.5. The van der Waals surface area contributed by atoms with E-state index >= 15 is 0 Å². The molecule has 0 saturated heterocycles. The molecule has 3 heteroatoms. The summed E-state index contributed by atoms with van der Waals surface area (Å²) in [6.07, 6.45) is 0. The molecule has 0 spiro atoms. The highest BCUT2D eigenvalue weighted by Crippen LogP contribution is 2.31. The molecule has 0 bridgehead atoms. The number of phenols is 2. The Balaban J connectivity index is 1.61. The van der Waals surface area contributed by atoms with Gasteiger partial charge < -0.3 is 14.9 Å². The predicted octanol–water partition coefficient (Wildman–Crippen LogP) is 6.22. The van der Waals surface area contributed by atoms with Gasteiger partial charge in [0.2, 0.25) is 0 Å². The van der Waals surface area contributed by atoms with Gasteiger partial charge in [0, 0.05) is 0 Å². The molecule has 0 aliphatic rings. The van der Waals surface area contributed by atoms with Crippen molar-refractivity contribution in [3.05, 3.63) is 97.1 Å². The van der Waals surface area contributed by atoms with E-state index in [1.807, 2.05) is 72.8 Å². The third-order valence-electron chi connectivity index (χ3n) is 4.26. The average Bonchev–Trinajstić information content (AvgIpc) is 2.68. The number of rotatable bonds is 4. The molecule has 0 heterocycles. The Bertz CT molecular complexity index is 999. The molecule has 0 aromatic heterocycles. The van der Waals surface area contributed by atoms with E-state index in [9.17, 15) is 10.2 Å². The molecule has 0 aliphatic heterocycles. The summed E-state index contributed by atoms with van der Waals surface area (Å²) in [5.74, 6) is 1.89. The Morgan fingerprint density at radius 2 is 0.815 bits per heavy atom. The van der Waals surface area contributed by atoms with E-state index in [0.29, 0.717) is 11.5 Å². The minimum atomic E-state index is 0.234. The summed E-state index contributed by atoms with van der Waals surface area (Å²) < 4.78 is 6.04. The Hall–Kier alpha value is -3.72. The molecule has 2 N–H and O–H groups in total. The summed E-state index contributed by atoms with van der Waals surface area (Å²) in [4.78, 5) is 0. The minimum absolute atomic E-state index is 0.234. The smallest absolute Gasteiger partial charge is 0.128 e. The van der Waals surface area contributed by atoms with Gasteiger partial charge in [-0.2, -0.15) is 0 Å². The number of benzene rings is 4. The van der Waals surface area contributed by atoms with Crippen LogP contribution in [0.15, 0.2) is 97.1 Å². The quantitative estimate of drug-likeness (QED) is 0.457. The van der Waals surface area contributed by atoms with Crippen molar-refractivity contribution in [3.63, 3.8) is 0 Å². The Morgan fingerprint density at radius 3 is 1.22 bits per heavy atom. The highest BCUT2D eigenvalue weighted by Gasteiger charge is 2.05. The molecule has 132 valence electrons. The molecule has 3 nitrogen and oxygen atoms in total. The fraction of sp³-hybridized carbons (Fsp3) is 0. The van der Waals surface area contributed by atoms with E-state index in [2.05, 4.69) is 0 Å². The van der Waals surface area contributed by atoms with Crippen molar-refractivity contribution >= 4 is 0 Å². The van der Waals surface area contributed by atoms with E-state index in [1.165, 1.54) is 0 Å². The van der Waals surface area contributed by atoms with Crippen LogP contribution in [0.2, 0.25) is 0 Å². The maximum absolute atomic E-state index is 9.69. The van der Waals surface area contributed by atoms with Gasteiger partial charge in [-0.05, 0) is 70.8 Å². The van der Waals surface area contributed by atoms with E-state index in [1.54, 1.807) is 24.3 Å². The lowest BCUT2D eigenvalue weighted by atomic mass is 10.0. The third kappa shape index (κ3) is 3.93. The van der Waals surface area contributed by atoms with E-state index in [-0.39, 0.29) is 11.5 Å². The molecule has 4 aromatic carbocycles. The molecule has 4 rings (SSSR count). The average molecular weight is 354 g/mol. The van der Waals surface area contributed by atoms with Crippen LogP contribution in [0, 0.1) is 0 Å². The highest BCUT2D eigenvalue weighted by molar-refractivity contribution is 5.68. The fourth-order valence-electron chi connectivity index (χ4n) is 2.99. The van der Waals surface area contributed by atoms with Gasteiger partial charge in [0.05, 0.1) is 0 Å². The SMILES string of the molecule is Oc1cccc(-c2cccc(Oc3cccc(-c4cccc(O)c4)c3)c2)c1. The second-order valence-corrected chi connectivity index (χ2v) is 6.26. The van der Waals surface area contributed by atoms with Crippen molar-refractivity contribution in [1.29, 1.82) is 0 Å². The maximum Gasteiger partial charge on any atom is 0.128 e. The molecular weight excluding hydrogens is 336 g/mol. The zero-order chi connectivity index (χ0) is 18.6.